The summed E-state index contributed by atoms with van der Waals surface area (Å²) in [6.45, 7) is 10.2. The van der Waals surface area contributed by atoms with E-state index < -0.39 is 0 Å². The second-order valence-electron chi connectivity index (χ2n) is 7.57. The van der Waals surface area contributed by atoms with Crippen molar-refractivity contribution >= 4 is 39.1 Å². The highest BCUT2D eigenvalue weighted by Crippen LogP contribution is 2.24. The summed E-state index contributed by atoms with van der Waals surface area (Å²) in [6, 6.07) is 4.13. The van der Waals surface area contributed by atoms with Gasteiger partial charge < -0.3 is 9.64 Å². The molecular weight excluding hydrogens is 442 g/mol. The fourth-order valence-corrected chi connectivity index (χ4v) is 5.54. The summed E-state index contributed by atoms with van der Waals surface area (Å²) in [5, 5.41) is 0. The van der Waals surface area contributed by atoms with Crippen LogP contribution < -0.4 is 0 Å². The first kappa shape index (κ1) is 21.7. The van der Waals surface area contributed by atoms with Crippen molar-refractivity contribution in [3.63, 3.8) is 0 Å². The first-order valence-corrected chi connectivity index (χ1v) is 11.7. The zero-order chi connectivity index (χ0) is 20.1. The van der Waals surface area contributed by atoms with Crippen LogP contribution in [0.1, 0.15) is 31.6 Å². The number of hydrogen-bond donors (Lipinski definition) is 0. The van der Waals surface area contributed by atoms with Crippen molar-refractivity contribution in [2.75, 3.05) is 45.9 Å². The maximum Gasteiger partial charge on any atom is 0.310 e. The predicted molar refractivity (Wildman–Crippen MR) is 114 cm³/mol. The molecule has 1 aromatic heterocycles. The van der Waals surface area contributed by atoms with Crippen LogP contribution in [-0.4, -0.2) is 78.5 Å². The van der Waals surface area contributed by atoms with Crippen LogP contribution in [-0.2, 0) is 20.9 Å². The van der Waals surface area contributed by atoms with Gasteiger partial charge in [-0.05, 0) is 54.8 Å². The Bertz CT molecular complexity index is 675. The van der Waals surface area contributed by atoms with Crippen LogP contribution in [0.15, 0.2) is 15.9 Å². The average Bonchev–Trinajstić information content (AvgIpc) is 3.12. The average molecular weight is 472 g/mol. The summed E-state index contributed by atoms with van der Waals surface area (Å²) < 4.78 is 6.32. The van der Waals surface area contributed by atoms with Gasteiger partial charge in [0.25, 0.3) is 0 Å². The number of rotatable bonds is 6. The molecule has 0 spiro atoms. The van der Waals surface area contributed by atoms with E-state index in [0.29, 0.717) is 13.2 Å². The van der Waals surface area contributed by atoms with Crippen LogP contribution >= 0.6 is 27.3 Å². The van der Waals surface area contributed by atoms with Gasteiger partial charge in [0.1, 0.15) is 0 Å². The Morgan fingerprint density at radius 2 is 2.00 bits per heavy atom. The largest absolute Gasteiger partial charge is 0.466 e. The van der Waals surface area contributed by atoms with E-state index in [4.69, 9.17) is 4.74 Å². The third kappa shape index (κ3) is 5.55. The Morgan fingerprint density at radius 3 is 2.64 bits per heavy atom. The minimum Gasteiger partial charge on any atom is -0.466 e. The zero-order valence-corrected chi connectivity index (χ0v) is 19.1. The molecule has 2 fully saturated rings. The van der Waals surface area contributed by atoms with Gasteiger partial charge in [0.2, 0.25) is 5.91 Å². The number of nitrogens with zero attached hydrogens (tertiary/aromatic N) is 3. The minimum atomic E-state index is -0.174. The predicted octanol–water partition coefficient (Wildman–Crippen LogP) is 2.82. The fourth-order valence-electron chi connectivity index (χ4n) is 4.02. The maximum absolute atomic E-state index is 13.0. The molecule has 2 unspecified atom stereocenters. The van der Waals surface area contributed by atoms with Gasteiger partial charge in [-0.1, -0.05) is 0 Å². The van der Waals surface area contributed by atoms with Gasteiger partial charge in [-0.15, -0.1) is 11.3 Å². The number of piperazine rings is 1. The molecular formula is C20H30BrN3O3S. The quantitative estimate of drug-likeness (QED) is 0.597. The number of carbonyl (C=O) groups excluding carboxylic acids is 2. The van der Waals surface area contributed by atoms with Gasteiger partial charge in [0, 0.05) is 50.7 Å². The van der Waals surface area contributed by atoms with E-state index >= 15 is 0 Å². The second kappa shape index (κ2) is 10.2. The Kier molecular flexibility index (Phi) is 7.91. The van der Waals surface area contributed by atoms with Crippen LogP contribution in [0.5, 0.6) is 0 Å². The molecule has 6 nitrogen and oxygen atoms in total. The van der Waals surface area contributed by atoms with Crippen molar-refractivity contribution in [3.05, 3.63) is 20.8 Å². The number of carbonyl (C=O) groups is 2. The Balaban J connectivity index is 1.48. The molecule has 0 radical (unpaired) electrons. The molecule has 0 saturated carbocycles. The number of likely N-dealkylation sites (tertiary alicyclic amines) is 1. The van der Waals surface area contributed by atoms with E-state index in [-0.39, 0.29) is 23.8 Å². The number of esters is 1. The topological polar surface area (TPSA) is 53.1 Å². The molecule has 0 aliphatic carbocycles. The van der Waals surface area contributed by atoms with Gasteiger partial charge in [-0.2, -0.15) is 0 Å². The van der Waals surface area contributed by atoms with Crippen LogP contribution in [0.25, 0.3) is 0 Å². The van der Waals surface area contributed by atoms with Crippen molar-refractivity contribution in [2.24, 2.45) is 5.92 Å². The van der Waals surface area contributed by atoms with Crippen molar-refractivity contribution in [1.29, 1.82) is 0 Å². The van der Waals surface area contributed by atoms with E-state index in [9.17, 15) is 9.59 Å². The van der Waals surface area contributed by atoms with Crippen molar-refractivity contribution < 1.29 is 14.3 Å². The van der Waals surface area contributed by atoms with E-state index in [0.717, 1.165) is 52.1 Å². The molecule has 1 aromatic rings. The second-order valence-corrected chi connectivity index (χ2v) is 10.1. The molecule has 0 N–H and O–H groups in total. The Hall–Kier alpha value is -0.960. The summed E-state index contributed by atoms with van der Waals surface area (Å²) in [5.74, 6) is -0.196. The summed E-state index contributed by atoms with van der Waals surface area (Å²) in [5.41, 5.74) is 0. The van der Waals surface area contributed by atoms with Gasteiger partial charge in [-0.3, -0.25) is 19.4 Å². The number of thiophene rings is 1. The van der Waals surface area contributed by atoms with Gasteiger partial charge in [-0.25, -0.2) is 0 Å². The van der Waals surface area contributed by atoms with Crippen LogP contribution in [0.4, 0.5) is 0 Å². The molecule has 2 aliphatic rings. The third-order valence-electron chi connectivity index (χ3n) is 5.67. The standard InChI is InChI=1S/C20H30BrN3O3S/c1-3-27-20(26)16-5-4-8-24(13-16)19(25)15(2)23-11-9-22(10-12-23)14-17-6-7-18(21)28-17/h6-7,15-16H,3-5,8-14H2,1-2H3. The molecule has 2 atom stereocenters. The number of piperidine rings is 1. The monoisotopic (exact) mass is 471 g/mol. The molecule has 2 saturated heterocycles. The fraction of sp³-hybridized carbons (Fsp3) is 0.700. The zero-order valence-electron chi connectivity index (χ0n) is 16.7. The van der Waals surface area contributed by atoms with Gasteiger partial charge in [0.15, 0.2) is 0 Å². The highest BCUT2D eigenvalue weighted by Gasteiger charge is 2.33. The number of amides is 1. The van der Waals surface area contributed by atoms with Crippen molar-refractivity contribution in [2.45, 2.75) is 39.3 Å². The third-order valence-corrected chi connectivity index (χ3v) is 7.28. The molecule has 0 bridgehead atoms. The molecule has 3 rings (SSSR count). The molecule has 28 heavy (non-hydrogen) atoms. The lowest BCUT2D eigenvalue weighted by Gasteiger charge is -2.40. The Morgan fingerprint density at radius 1 is 1.25 bits per heavy atom. The molecule has 1 amide bonds. The molecule has 2 aliphatic heterocycles. The summed E-state index contributed by atoms with van der Waals surface area (Å²) in [7, 11) is 0. The Labute approximate surface area is 179 Å². The van der Waals surface area contributed by atoms with Gasteiger partial charge >= 0.3 is 5.97 Å². The van der Waals surface area contributed by atoms with E-state index in [1.54, 1.807) is 11.3 Å². The lowest BCUT2D eigenvalue weighted by molar-refractivity contribution is -0.152. The first-order chi connectivity index (χ1) is 13.5. The normalized spacial score (nSPS) is 22.8. The van der Waals surface area contributed by atoms with Crippen LogP contribution in [0.3, 0.4) is 0 Å². The number of ether oxygens (including phenoxy) is 1. The lowest BCUT2D eigenvalue weighted by atomic mass is 9.97. The van der Waals surface area contributed by atoms with Crippen LogP contribution in [0, 0.1) is 5.92 Å². The molecule has 156 valence electrons. The number of halogens is 1. The highest BCUT2D eigenvalue weighted by molar-refractivity contribution is 9.11. The smallest absolute Gasteiger partial charge is 0.310 e. The molecule has 0 aromatic carbocycles. The SMILES string of the molecule is CCOC(=O)C1CCCN(C(=O)C(C)N2CCN(Cc3ccc(Br)s3)CC2)C1. The van der Waals surface area contributed by atoms with E-state index in [1.165, 1.54) is 8.66 Å². The van der Waals surface area contributed by atoms with Crippen molar-refractivity contribution in [3.8, 4) is 0 Å². The summed E-state index contributed by atoms with van der Waals surface area (Å²) in [6.07, 6.45) is 1.68. The van der Waals surface area contributed by atoms with E-state index in [1.807, 2.05) is 18.7 Å². The minimum absolute atomic E-state index is 0.140. The summed E-state index contributed by atoms with van der Waals surface area (Å²) in [4.78, 5) is 33.0. The number of hydrogen-bond acceptors (Lipinski definition) is 6. The maximum atomic E-state index is 13.0. The molecule has 3 heterocycles. The lowest BCUT2D eigenvalue weighted by Crippen LogP contribution is -2.55. The van der Waals surface area contributed by atoms with Gasteiger partial charge in [0.05, 0.1) is 22.4 Å². The highest BCUT2D eigenvalue weighted by atomic mass is 79.9. The van der Waals surface area contributed by atoms with E-state index in [2.05, 4.69) is 37.9 Å². The van der Waals surface area contributed by atoms with Crippen LogP contribution in [0.2, 0.25) is 0 Å². The first-order valence-electron chi connectivity index (χ1n) is 10.1. The molecule has 8 heteroatoms. The summed E-state index contributed by atoms with van der Waals surface area (Å²) >= 11 is 5.30. The van der Waals surface area contributed by atoms with Crippen molar-refractivity contribution in [1.82, 2.24) is 14.7 Å².